The average Bonchev–Trinajstić information content (AvgIpc) is 2.64. The fourth-order valence-electron chi connectivity index (χ4n) is 2.73. The number of anilines is 1. The molecule has 130 valence electrons. The average molecular weight is 366 g/mol. The minimum Gasteiger partial charge on any atom is -0.478 e. The zero-order valence-electron chi connectivity index (χ0n) is 14.0. The van der Waals surface area contributed by atoms with Crippen molar-refractivity contribution in [3.05, 3.63) is 88.4 Å². The molecule has 5 heteroatoms. The van der Waals surface area contributed by atoms with E-state index in [-0.39, 0.29) is 17.2 Å². The summed E-state index contributed by atoms with van der Waals surface area (Å²) in [4.78, 5) is 24.1. The lowest BCUT2D eigenvalue weighted by Crippen LogP contribution is -2.16. The molecule has 0 aliphatic rings. The van der Waals surface area contributed by atoms with Crippen molar-refractivity contribution < 1.29 is 14.7 Å². The van der Waals surface area contributed by atoms with Gasteiger partial charge in [-0.1, -0.05) is 54.1 Å². The second-order valence-corrected chi connectivity index (χ2v) is 6.29. The SMILES string of the molecule is Cc1cc(Cl)cc(C(=O)O)c1NC(=O)c1cccc(-c2ccccc2)c1. The molecule has 4 nitrogen and oxygen atoms in total. The molecule has 2 N–H and O–H groups in total. The van der Waals surface area contributed by atoms with Crippen LogP contribution in [0.5, 0.6) is 0 Å². The van der Waals surface area contributed by atoms with Gasteiger partial charge in [0.25, 0.3) is 5.91 Å². The molecule has 0 saturated heterocycles. The van der Waals surface area contributed by atoms with E-state index in [0.29, 0.717) is 16.1 Å². The predicted octanol–water partition coefficient (Wildman–Crippen LogP) is 5.27. The molecule has 0 heterocycles. The molecule has 3 rings (SSSR count). The predicted molar refractivity (Wildman–Crippen MR) is 103 cm³/mol. The third-order valence-electron chi connectivity index (χ3n) is 4.00. The van der Waals surface area contributed by atoms with Gasteiger partial charge in [0.2, 0.25) is 0 Å². The second-order valence-electron chi connectivity index (χ2n) is 5.85. The van der Waals surface area contributed by atoms with Crippen LogP contribution in [0, 0.1) is 6.92 Å². The molecule has 3 aromatic rings. The van der Waals surface area contributed by atoms with Crippen molar-refractivity contribution in [3.63, 3.8) is 0 Å². The van der Waals surface area contributed by atoms with Gasteiger partial charge in [-0.2, -0.15) is 0 Å². The van der Waals surface area contributed by atoms with E-state index >= 15 is 0 Å². The first-order valence-corrected chi connectivity index (χ1v) is 8.34. The lowest BCUT2D eigenvalue weighted by Gasteiger charge is -2.13. The molecule has 26 heavy (non-hydrogen) atoms. The zero-order chi connectivity index (χ0) is 18.7. The van der Waals surface area contributed by atoms with Gasteiger partial charge in [0, 0.05) is 10.6 Å². The van der Waals surface area contributed by atoms with Crippen LogP contribution in [0.25, 0.3) is 11.1 Å². The van der Waals surface area contributed by atoms with Crippen molar-refractivity contribution in [2.24, 2.45) is 0 Å². The number of amides is 1. The van der Waals surface area contributed by atoms with E-state index in [9.17, 15) is 14.7 Å². The third-order valence-corrected chi connectivity index (χ3v) is 4.22. The summed E-state index contributed by atoms with van der Waals surface area (Å²) >= 11 is 5.93. The molecular formula is C21H16ClNO3. The molecule has 0 fully saturated rings. The number of carboxylic acids is 1. The van der Waals surface area contributed by atoms with Crippen molar-refractivity contribution in [3.8, 4) is 11.1 Å². The van der Waals surface area contributed by atoms with E-state index in [4.69, 9.17) is 11.6 Å². The lowest BCUT2D eigenvalue weighted by molar-refractivity contribution is 0.0698. The number of hydrogen-bond donors (Lipinski definition) is 2. The number of rotatable bonds is 4. The monoisotopic (exact) mass is 365 g/mol. The maximum atomic E-state index is 12.7. The summed E-state index contributed by atoms with van der Waals surface area (Å²) < 4.78 is 0. The molecule has 0 saturated carbocycles. The van der Waals surface area contributed by atoms with Crippen LogP contribution >= 0.6 is 11.6 Å². The molecule has 0 atom stereocenters. The Morgan fingerprint density at radius 3 is 2.31 bits per heavy atom. The van der Waals surface area contributed by atoms with Gasteiger partial charge < -0.3 is 10.4 Å². The summed E-state index contributed by atoms with van der Waals surface area (Å²) in [7, 11) is 0. The largest absolute Gasteiger partial charge is 0.478 e. The highest BCUT2D eigenvalue weighted by Crippen LogP contribution is 2.27. The van der Waals surface area contributed by atoms with E-state index in [2.05, 4.69) is 5.32 Å². The van der Waals surface area contributed by atoms with Gasteiger partial charge in [-0.05, 0) is 47.9 Å². The van der Waals surface area contributed by atoms with Gasteiger partial charge in [-0.3, -0.25) is 4.79 Å². The normalized spacial score (nSPS) is 10.4. The summed E-state index contributed by atoms with van der Waals surface area (Å²) in [5.74, 6) is -1.53. The first-order valence-electron chi connectivity index (χ1n) is 7.96. The Balaban J connectivity index is 1.94. The van der Waals surface area contributed by atoms with E-state index in [0.717, 1.165) is 11.1 Å². The van der Waals surface area contributed by atoms with Crippen molar-refractivity contribution in [1.82, 2.24) is 0 Å². The number of carbonyl (C=O) groups excluding carboxylic acids is 1. The summed E-state index contributed by atoms with van der Waals surface area (Å²) in [6.45, 7) is 1.70. The van der Waals surface area contributed by atoms with Crippen molar-refractivity contribution in [2.75, 3.05) is 5.32 Å². The third kappa shape index (κ3) is 3.76. The van der Waals surface area contributed by atoms with Crippen molar-refractivity contribution in [1.29, 1.82) is 0 Å². The standard InChI is InChI=1S/C21H16ClNO3/c1-13-10-17(22)12-18(21(25)26)19(13)23-20(24)16-9-5-8-15(11-16)14-6-3-2-4-7-14/h2-12H,1H3,(H,23,24)(H,25,26). The number of nitrogens with one attached hydrogen (secondary N) is 1. The van der Waals surface area contributed by atoms with E-state index in [1.165, 1.54) is 6.07 Å². The molecule has 0 aliphatic carbocycles. The van der Waals surface area contributed by atoms with Crippen LogP contribution in [-0.2, 0) is 0 Å². The minimum absolute atomic E-state index is 0.0393. The van der Waals surface area contributed by atoms with Crippen LogP contribution in [0.2, 0.25) is 5.02 Å². The first-order chi connectivity index (χ1) is 12.5. The van der Waals surface area contributed by atoms with Gasteiger partial charge in [0.1, 0.15) is 0 Å². The highest BCUT2D eigenvalue weighted by Gasteiger charge is 2.17. The van der Waals surface area contributed by atoms with Crippen LogP contribution in [-0.4, -0.2) is 17.0 Å². The maximum absolute atomic E-state index is 12.7. The Labute approximate surface area is 156 Å². The number of carboxylic acid groups (broad SMARTS) is 1. The molecule has 0 spiro atoms. The van der Waals surface area contributed by atoms with Crippen LogP contribution in [0.3, 0.4) is 0 Å². The molecular weight excluding hydrogens is 350 g/mol. The van der Waals surface area contributed by atoms with E-state index in [1.807, 2.05) is 36.4 Å². The smallest absolute Gasteiger partial charge is 0.337 e. The summed E-state index contributed by atoms with van der Waals surface area (Å²) in [6, 6.07) is 19.8. The Hall–Kier alpha value is -3.11. The Bertz CT molecular complexity index is 984. The number of benzene rings is 3. The van der Waals surface area contributed by atoms with Crippen LogP contribution < -0.4 is 5.32 Å². The summed E-state index contributed by atoms with van der Waals surface area (Å²) in [5.41, 5.74) is 3.14. The van der Waals surface area contributed by atoms with Gasteiger partial charge >= 0.3 is 5.97 Å². The van der Waals surface area contributed by atoms with Gasteiger partial charge in [0.15, 0.2) is 0 Å². The number of aromatic carboxylic acids is 1. The van der Waals surface area contributed by atoms with Crippen molar-refractivity contribution in [2.45, 2.75) is 6.92 Å². The molecule has 3 aromatic carbocycles. The Kier molecular flexibility index (Phi) is 5.05. The Morgan fingerprint density at radius 2 is 1.62 bits per heavy atom. The highest BCUT2D eigenvalue weighted by molar-refractivity contribution is 6.31. The van der Waals surface area contributed by atoms with Gasteiger partial charge in [0.05, 0.1) is 11.3 Å². The van der Waals surface area contributed by atoms with Crippen LogP contribution in [0.4, 0.5) is 5.69 Å². The number of carbonyl (C=O) groups is 2. The topological polar surface area (TPSA) is 66.4 Å². The summed E-state index contributed by atoms with van der Waals surface area (Å²) in [6.07, 6.45) is 0. The lowest BCUT2D eigenvalue weighted by atomic mass is 10.0. The zero-order valence-corrected chi connectivity index (χ0v) is 14.7. The number of halogens is 1. The number of aryl methyl sites for hydroxylation is 1. The van der Waals surface area contributed by atoms with Crippen LogP contribution in [0.1, 0.15) is 26.3 Å². The molecule has 0 unspecified atom stereocenters. The molecule has 0 aliphatic heterocycles. The quantitative estimate of drug-likeness (QED) is 0.662. The molecule has 0 bridgehead atoms. The molecule has 0 radical (unpaired) electrons. The van der Waals surface area contributed by atoms with Crippen LogP contribution in [0.15, 0.2) is 66.7 Å². The van der Waals surface area contributed by atoms with Gasteiger partial charge in [-0.25, -0.2) is 4.79 Å². The molecule has 1 amide bonds. The fraction of sp³-hybridized carbons (Fsp3) is 0.0476. The van der Waals surface area contributed by atoms with Gasteiger partial charge in [-0.15, -0.1) is 0 Å². The highest BCUT2D eigenvalue weighted by atomic mass is 35.5. The van der Waals surface area contributed by atoms with E-state index < -0.39 is 5.97 Å². The first kappa shape index (κ1) is 17.7. The van der Waals surface area contributed by atoms with E-state index in [1.54, 1.807) is 31.2 Å². The number of hydrogen-bond acceptors (Lipinski definition) is 2. The Morgan fingerprint density at radius 1 is 0.923 bits per heavy atom. The summed E-state index contributed by atoms with van der Waals surface area (Å²) in [5, 5.41) is 12.4. The molecule has 0 aromatic heterocycles. The fourth-order valence-corrected chi connectivity index (χ4v) is 3.01. The second kappa shape index (κ2) is 7.42. The maximum Gasteiger partial charge on any atom is 0.337 e. The van der Waals surface area contributed by atoms with Crippen molar-refractivity contribution >= 4 is 29.2 Å². The minimum atomic E-state index is -1.15.